The number of benzene rings is 1. The molecule has 0 aliphatic carbocycles. The van der Waals surface area contributed by atoms with Crippen LogP contribution < -0.4 is 5.32 Å². The molecule has 1 aromatic carbocycles. The first kappa shape index (κ1) is 16.8. The number of esters is 1. The summed E-state index contributed by atoms with van der Waals surface area (Å²) in [6, 6.07) is 9.28. The summed E-state index contributed by atoms with van der Waals surface area (Å²) in [5.74, 6) is -0.682. The molecule has 0 unspecified atom stereocenters. The molecule has 1 fully saturated rings. The van der Waals surface area contributed by atoms with Crippen molar-refractivity contribution in [3.63, 3.8) is 0 Å². The number of nitrogens with one attached hydrogen (secondary N) is 1. The van der Waals surface area contributed by atoms with Gasteiger partial charge in [0.1, 0.15) is 19.3 Å². The Kier molecular flexibility index (Phi) is 5.96. The van der Waals surface area contributed by atoms with Crippen LogP contribution in [-0.2, 0) is 25.7 Å². The van der Waals surface area contributed by atoms with E-state index in [1.54, 1.807) is 6.92 Å². The van der Waals surface area contributed by atoms with Gasteiger partial charge in [0.15, 0.2) is 0 Å². The molecule has 1 atom stereocenters. The molecule has 2 amide bonds. The minimum Gasteiger partial charge on any atom is -0.465 e. The van der Waals surface area contributed by atoms with Crippen molar-refractivity contribution in [2.45, 2.75) is 32.5 Å². The van der Waals surface area contributed by atoms with Crippen LogP contribution in [0.4, 0.5) is 4.79 Å². The number of amides is 2. The van der Waals surface area contributed by atoms with Gasteiger partial charge in [0.25, 0.3) is 0 Å². The van der Waals surface area contributed by atoms with E-state index in [2.05, 4.69) is 5.32 Å². The van der Waals surface area contributed by atoms with Gasteiger partial charge in [-0.25, -0.2) is 4.79 Å². The summed E-state index contributed by atoms with van der Waals surface area (Å²) < 4.78 is 9.96. The molecule has 1 aliphatic rings. The van der Waals surface area contributed by atoms with Gasteiger partial charge in [-0.15, -0.1) is 0 Å². The Hall–Kier alpha value is -2.57. The van der Waals surface area contributed by atoms with Crippen molar-refractivity contribution in [3.05, 3.63) is 35.9 Å². The average Bonchev–Trinajstić information content (AvgIpc) is 2.87. The Morgan fingerprint density at radius 3 is 2.70 bits per heavy atom. The molecule has 0 aromatic heterocycles. The number of hydrogen-bond donors (Lipinski definition) is 1. The highest BCUT2D eigenvalue weighted by molar-refractivity contribution is 5.84. The van der Waals surface area contributed by atoms with Crippen molar-refractivity contribution in [1.29, 1.82) is 0 Å². The van der Waals surface area contributed by atoms with E-state index in [1.807, 2.05) is 30.3 Å². The summed E-state index contributed by atoms with van der Waals surface area (Å²) >= 11 is 0. The predicted molar refractivity (Wildman–Crippen MR) is 81.1 cm³/mol. The minimum atomic E-state index is -0.623. The van der Waals surface area contributed by atoms with Crippen LogP contribution in [0.15, 0.2) is 30.3 Å². The summed E-state index contributed by atoms with van der Waals surface area (Å²) in [6.07, 6.45) is -0.445. The molecule has 1 saturated heterocycles. The van der Waals surface area contributed by atoms with Crippen molar-refractivity contribution in [2.24, 2.45) is 0 Å². The number of likely N-dealkylation sites (tertiary alicyclic amines) is 1. The first-order valence-corrected chi connectivity index (χ1v) is 7.52. The normalized spacial score (nSPS) is 17.0. The lowest BCUT2D eigenvalue weighted by Crippen LogP contribution is -2.48. The van der Waals surface area contributed by atoms with Crippen LogP contribution in [0, 0.1) is 0 Å². The molecule has 1 aliphatic heterocycles. The molecule has 0 saturated carbocycles. The number of nitrogens with zero attached hydrogens (tertiary/aromatic N) is 1. The molecule has 23 heavy (non-hydrogen) atoms. The summed E-state index contributed by atoms with van der Waals surface area (Å²) in [6.45, 7) is 1.92. The van der Waals surface area contributed by atoms with Gasteiger partial charge < -0.3 is 19.7 Å². The average molecular weight is 320 g/mol. The second-order valence-electron chi connectivity index (χ2n) is 5.09. The lowest BCUT2D eigenvalue weighted by atomic mass is 10.2. The zero-order chi connectivity index (χ0) is 16.7. The SMILES string of the molecule is CCOC(=O)CN1C(=O)CC[C@@H]1NC(=O)OCc1ccccc1. The lowest BCUT2D eigenvalue weighted by molar-refractivity contribution is -0.148. The first-order valence-electron chi connectivity index (χ1n) is 7.52. The first-order chi connectivity index (χ1) is 11.1. The molecule has 7 nitrogen and oxygen atoms in total. The molecule has 2 rings (SSSR count). The maximum atomic E-state index is 11.8. The van der Waals surface area contributed by atoms with Gasteiger partial charge in [0.2, 0.25) is 5.91 Å². The monoisotopic (exact) mass is 320 g/mol. The lowest BCUT2D eigenvalue weighted by Gasteiger charge is -2.24. The third-order valence-corrected chi connectivity index (χ3v) is 3.43. The molecule has 0 radical (unpaired) electrons. The molecule has 7 heteroatoms. The van der Waals surface area contributed by atoms with Gasteiger partial charge in [-0.2, -0.15) is 0 Å². The fourth-order valence-electron chi connectivity index (χ4n) is 2.33. The maximum Gasteiger partial charge on any atom is 0.409 e. The molecule has 0 spiro atoms. The van der Waals surface area contributed by atoms with E-state index in [-0.39, 0.29) is 32.1 Å². The summed E-state index contributed by atoms with van der Waals surface area (Å²) in [4.78, 5) is 36.5. The van der Waals surface area contributed by atoms with E-state index in [9.17, 15) is 14.4 Å². The van der Waals surface area contributed by atoms with E-state index in [0.717, 1.165) is 5.56 Å². The van der Waals surface area contributed by atoms with Gasteiger partial charge >= 0.3 is 12.1 Å². The molecule has 1 aromatic rings. The Balaban J connectivity index is 1.83. The second-order valence-corrected chi connectivity index (χ2v) is 5.09. The number of alkyl carbamates (subject to hydrolysis) is 1. The Bertz CT molecular complexity index is 561. The number of carbonyl (C=O) groups excluding carboxylic acids is 3. The van der Waals surface area contributed by atoms with Gasteiger partial charge in [-0.05, 0) is 18.9 Å². The minimum absolute atomic E-state index is 0.144. The van der Waals surface area contributed by atoms with Crippen LogP contribution in [0.3, 0.4) is 0 Å². The zero-order valence-electron chi connectivity index (χ0n) is 13.0. The van der Waals surface area contributed by atoms with Crippen molar-refractivity contribution >= 4 is 18.0 Å². The third-order valence-electron chi connectivity index (χ3n) is 3.43. The van der Waals surface area contributed by atoms with Gasteiger partial charge in [0, 0.05) is 6.42 Å². The number of hydrogen-bond acceptors (Lipinski definition) is 5. The van der Waals surface area contributed by atoms with E-state index in [0.29, 0.717) is 6.42 Å². The highest BCUT2D eigenvalue weighted by Gasteiger charge is 2.34. The van der Waals surface area contributed by atoms with E-state index >= 15 is 0 Å². The van der Waals surface area contributed by atoms with Crippen molar-refractivity contribution in [1.82, 2.24) is 10.2 Å². The van der Waals surface area contributed by atoms with Crippen LogP contribution in [-0.4, -0.2) is 42.2 Å². The molecular formula is C16H20N2O5. The molecule has 124 valence electrons. The van der Waals surface area contributed by atoms with E-state index < -0.39 is 18.2 Å². The van der Waals surface area contributed by atoms with Crippen LogP contribution in [0.1, 0.15) is 25.3 Å². The highest BCUT2D eigenvalue weighted by Crippen LogP contribution is 2.16. The van der Waals surface area contributed by atoms with Crippen LogP contribution in [0.2, 0.25) is 0 Å². The van der Waals surface area contributed by atoms with Crippen molar-refractivity contribution in [3.8, 4) is 0 Å². The smallest absolute Gasteiger partial charge is 0.409 e. The quantitative estimate of drug-likeness (QED) is 0.801. The highest BCUT2D eigenvalue weighted by atomic mass is 16.5. The second kappa shape index (κ2) is 8.17. The van der Waals surface area contributed by atoms with Gasteiger partial charge in [-0.1, -0.05) is 30.3 Å². The standard InChI is InChI=1S/C16H20N2O5/c1-2-22-15(20)10-18-13(8-9-14(18)19)17-16(21)23-11-12-6-4-3-5-7-12/h3-7,13H,2,8-11H2,1H3,(H,17,21)/t13-/m1/s1. The van der Waals surface area contributed by atoms with E-state index in [1.165, 1.54) is 4.90 Å². The van der Waals surface area contributed by atoms with Crippen LogP contribution in [0.5, 0.6) is 0 Å². The van der Waals surface area contributed by atoms with Crippen LogP contribution >= 0.6 is 0 Å². The predicted octanol–water partition coefficient (Wildman–Crippen LogP) is 1.42. The fraction of sp³-hybridized carbons (Fsp3) is 0.438. The zero-order valence-corrected chi connectivity index (χ0v) is 13.0. The maximum absolute atomic E-state index is 11.8. The summed E-state index contributed by atoms with van der Waals surface area (Å²) in [7, 11) is 0. The largest absolute Gasteiger partial charge is 0.465 e. The van der Waals surface area contributed by atoms with Crippen LogP contribution in [0.25, 0.3) is 0 Å². The van der Waals surface area contributed by atoms with Gasteiger partial charge in [0.05, 0.1) is 6.61 Å². The molecule has 1 heterocycles. The van der Waals surface area contributed by atoms with Crippen molar-refractivity contribution in [2.75, 3.05) is 13.2 Å². The molecule has 0 bridgehead atoms. The summed E-state index contributed by atoms with van der Waals surface area (Å²) in [5, 5.41) is 2.61. The molecule has 1 N–H and O–H groups in total. The fourth-order valence-corrected chi connectivity index (χ4v) is 2.33. The van der Waals surface area contributed by atoms with Crippen molar-refractivity contribution < 1.29 is 23.9 Å². The number of ether oxygens (including phenoxy) is 2. The number of carbonyl (C=O) groups is 3. The Morgan fingerprint density at radius 1 is 1.26 bits per heavy atom. The molecular weight excluding hydrogens is 300 g/mol. The number of rotatable bonds is 6. The van der Waals surface area contributed by atoms with E-state index in [4.69, 9.17) is 9.47 Å². The topological polar surface area (TPSA) is 84.9 Å². The van der Waals surface area contributed by atoms with Gasteiger partial charge in [-0.3, -0.25) is 9.59 Å². The summed E-state index contributed by atoms with van der Waals surface area (Å²) in [5.41, 5.74) is 0.869. The Labute approximate surface area is 134 Å². The Morgan fingerprint density at radius 2 is 2.00 bits per heavy atom. The third kappa shape index (κ3) is 4.98.